The van der Waals surface area contributed by atoms with E-state index in [1.807, 2.05) is 18.3 Å². The van der Waals surface area contributed by atoms with Crippen LogP contribution in [0.1, 0.15) is 5.56 Å². The van der Waals surface area contributed by atoms with E-state index >= 15 is 0 Å². The first-order valence-electron chi connectivity index (χ1n) is 7.76. The second kappa shape index (κ2) is 5.63. The Hall–Kier alpha value is -2.05. The van der Waals surface area contributed by atoms with Gasteiger partial charge in [0.15, 0.2) is 0 Å². The molecule has 3 heterocycles. The van der Waals surface area contributed by atoms with Gasteiger partial charge >= 0.3 is 7.05 Å². The number of hydrogen-bond acceptors (Lipinski definition) is 5. The third-order valence-electron chi connectivity index (χ3n) is 4.53. The maximum Gasteiger partial charge on any atom is 0.413 e. The van der Waals surface area contributed by atoms with Crippen LogP contribution in [-0.4, -0.2) is 43.2 Å². The Balaban J connectivity index is 1.47. The lowest BCUT2D eigenvalue weighted by Gasteiger charge is -2.37. The summed E-state index contributed by atoms with van der Waals surface area (Å²) in [5.74, 6) is 1.05. The monoisotopic (exact) mass is 294 g/mol. The van der Waals surface area contributed by atoms with E-state index < -0.39 is 7.05 Å². The van der Waals surface area contributed by atoms with Crippen molar-refractivity contribution in [3.63, 3.8) is 0 Å². The molecule has 0 unspecified atom stereocenters. The molecular weight excluding hydrogens is 275 g/mol. The lowest BCUT2D eigenvalue weighted by Crippen LogP contribution is -2.47. The van der Waals surface area contributed by atoms with Gasteiger partial charge in [-0.1, -0.05) is 12.1 Å². The first kappa shape index (κ1) is 13.6. The number of aromatic nitrogens is 1. The number of nitrogens with zero attached hydrogens (tertiary/aromatic N) is 3. The van der Waals surface area contributed by atoms with E-state index in [0.717, 1.165) is 44.0 Å². The molecule has 0 saturated carbocycles. The van der Waals surface area contributed by atoms with Gasteiger partial charge in [-0.2, -0.15) is 0 Å². The number of pyridine rings is 1. The molecule has 0 radical (unpaired) electrons. The number of anilines is 2. The van der Waals surface area contributed by atoms with E-state index in [1.165, 1.54) is 11.3 Å². The Morgan fingerprint density at radius 1 is 1.05 bits per heavy atom. The molecule has 6 heteroatoms. The van der Waals surface area contributed by atoms with Crippen LogP contribution in [0.25, 0.3) is 0 Å². The van der Waals surface area contributed by atoms with Crippen LogP contribution in [0.5, 0.6) is 0 Å². The first-order valence-corrected chi connectivity index (χ1v) is 7.76. The average molecular weight is 294 g/mol. The number of fused-ring (bicyclic) bond motifs is 1. The van der Waals surface area contributed by atoms with Gasteiger partial charge in [-0.25, -0.2) is 4.98 Å². The molecule has 0 spiro atoms. The Morgan fingerprint density at radius 2 is 1.86 bits per heavy atom. The van der Waals surface area contributed by atoms with Crippen LogP contribution in [0.4, 0.5) is 11.5 Å². The molecule has 4 rings (SSSR count). The third-order valence-corrected chi connectivity index (χ3v) is 4.53. The second-order valence-electron chi connectivity index (χ2n) is 5.83. The van der Waals surface area contributed by atoms with Crippen molar-refractivity contribution in [1.82, 2.24) is 10.2 Å². The molecule has 2 N–H and O–H groups in total. The van der Waals surface area contributed by atoms with Gasteiger partial charge in [-0.3, -0.25) is 0 Å². The summed E-state index contributed by atoms with van der Waals surface area (Å²) in [5, 5.41) is 13.0. The smallest absolute Gasteiger partial charge is 0.413 e. The van der Waals surface area contributed by atoms with Crippen LogP contribution in [0, 0.1) is 0 Å². The van der Waals surface area contributed by atoms with Crippen molar-refractivity contribution in [3.05, 3.63) is 48.2 Å². The van der Waals surface area contributed by atoms with Crippen LogP contribution < -0.4 is 20.5 Å². The topological polar surface area (TPSA) is 51.6 Å². The second-order valence-corrected chi connectivity index (χ2v) is 5.83. The van der Waals surface area contributed by atoms with Crippen LogP contribution in [0.2, 0.25) is 0 Å². The molecule has 1 saturated heterocycles. The number of nitrogens with one attached hydrogen (secondary N) is 1. The summed E-state index contributed by atoms with van der Waals surface area (Å²) in [6.45, 7) is 4.63. The Bertz CT molecular complexity index is 658. The molecular formula is C16H19BN4O. The largest absolute Gasteiger partial charge is 0.433 e. The predicted octanol–water partition coefficient (Wildman–Crippen LogP) is 0.199. The predicted molar refractivity (Wildman–Crippen MR) is 89.6 cm³/mol. The fraction of sp³-hybridized carbons (Fsp3) is 0.312. The third kappa shape index (κ3) is 2.44. The van der Waals surface area contributed by atoms with E-state index in [1.54, 1.807) is 0 Å². The zero-order chi connectivity index (χ0) is 14.9. The number of hydrogen-bond donors (Lipinski definition) is 2. The average Bonchev–Trinajstić information content (AvgIpc) is 2.96. The van der Waals surface area contributed by atoms with Crippen molar-refractivity contribution < 1.29 is 5.02 Å². The van der Waals surface area contributed by atoms with Crippen LogP contribution in [0.3, 0.4) is 0 Å². The zero-order valence-electron chi connectivity index (χ0n) is 12.4. The highest BCUT2D eigenvalue weighted by molar-refractivity contribution is 6.65. The maximum absolute atomic E-state index is 9.95. The molecule has 2 aliphatic rings. The van der Waals surface area contributed by atoms with Crippen molar-refractivity contribution in [2.24, 2.45) is 0 Å². The van der Waals surface area contributed by atoms with Gasteiger partial charge in [0.25, 0.3) is 0 Å². The van der Waals surface area contributed by atoms with Crippen molar-refractivity contribution in [2.75, 3.05) is 36.0 Å². The van der Waals surface area contributed by atoms with Crippen LogP contribution >= 0.6 is 0 Å². The van der Waals surface area contributed by atoms with Gasteiger partial charge in [-0.05, 0) is 35.3 Å². The number of rotatable bonds is 2. The summed E-state index contributed by atoms with van der Waals surface area (Å²) >= 11 is 0. The lowest BCUT2D eigenvalue weighted by atomic mass is 9.76. The van der Waals surface area contributed by atoms with E-state index in [4.69, 9.17) is 0 Å². The first-order chi connectivity index (χ1) is 10.8. The van der Waals surface area contributed by atoms with Crippen molar-refractivity contribution in [2.45, 2.75) is 6.54 Å². The molecule has 1 aromatic carbocycles. The molecule has 0 bridgehead atoms. The van der Waals surface area contributed by atoms with Gasteiger partial charge in [0, 0.05) is 44.6 Å². The minimum Gasteiger partial charge on any atom is -0.433 e. The minimum absolute atomic E-state index is 0.523. The van der Waals surface area contributed by atoms with Crippen molar-refractivity contribution >= 4 is 24.0 Å². The Labute approximate surface area is 130 Å². The molecule has 5 nitrogen and oxygen atoms in total. The van der Waals surface area contributed by atoms with Gasteiger partial charge < -0.3 is 20.1 Å². The van der Waals surface area contributed by atoms with E-state index in [9.17, 15) is 5.02 Å². The van der Waals surface area contributed by atoms with Crippen LogP contribution in [-0.2, 0) is 6.54 Å². The molecule has 1 aromatic heterocycles. The van der Waals surface area contributed by atoms with Gasteiger partial charge in [0.1, 0.15) is 5.82 Å². The van der Waals surface area contributed by atoms with E-state index in [2.05, 4.69) is 44.3 Å². The molecule has 0 aliphatic carbocycles. The normalized spacial score (nSPS) is 17.8. The van der Waals surface area contributed by atoms with Gasteiger partial charge in [0.05, 0.1) is 0 Å². The van der Waals surface area contributed by atoms with Gasteiger partial charge in [0.2, 0.25) is 0 Å². The fourth-order valence-electron chi connectivity index (χ4n) is 3.25. The Morgan fingerprint density at radius 3 is 2.64 bits per heavy atom. The highest BCUT2D eigenvalue weighted by Crippen LogP contribution is 2.20. The quantitative estimate of drug-likeness (QED) is 0.775. The molecule has 0 amide bonds. The SMILES string of the molecule is OB1NCc2ccc(N3CCN(c4ccccn4)CC3)cc21. The molecule has 112 valence electrons. The molecule has 2 aliphatic heterocycles. The number of piperazine rings is 1. The van der Waals surface area contributed by atoms with E-state index in [-0.39, 0.29) is 0 Å². The lowest BCUT2D eigenvalue weighted by molar-refractivity contribution is 0.569. The zero-order valence-corrected chi connectivity index (χ0v) is 12.4. The highest BCUT2D eigenvalue weighted by Gasteiger charge is 2.26. The summed E-state index contributed by atoms with van der Waals surface area (Å²) in [7, 11) is -0.523. The number of benzene rings is 1. The summed E-state index contributed by atoms with van der Waals surface area (Å²) in [4.78, 5) is 9.12. The highest BCUT2D eigenvalue weighted by atomic mass is 16.2. The fourth-order valence-corrected chi connectivity index (χ4v) is 3.25. The maximum atomic E-state index is 9.95. The summed E-state index contributed by atoms with van der Waals surface area (Å²) in [6.07, 6.45) is 1.84. The summed E-state index contributed by atoms with van der Waals surface area (Å²) in [5.41, 5.74) is 3.41. The molecule has 1 fully saturated rings. The standard InChI is InChI=1S/C16H19BN4O/c22-17-15-11-14(5-4-13(15)12-19-17)20-7-9-21(10-8-20)16-3-1-2-6-18-16/h1-6,11,19,22H,7-10,12H2. The summed E-state index contributed by atoms with van der Waals surface area (Å²) in [6, 6.07) is 12.4. The molecule has 0 atom stereocenters. The molecule has 22 heavy (non-hydrogen) atoms. The van der Waals surface area contributed by atoms with E-state index in [0.29, 0.717) is 0 Å². The minimum atomic E-state index is -0.523. The van der Waals surface area contributed by atoms with Crippen molar-refractivity contribution in [3.8, 4) is 0 Å². The molecule has 2 aromatic rings. The Kier molecular flexibility index (Phi) is 3.48. The summed E-state index contributed by atoms with van der Waals surface area (Å²) < 4.78 is 0. The van der Waals surface area contributed by atoms with Gasteiger partial charge in [-0.15, -0.1) is 0 Å². The van der Waals surface area contributed by atoms with Crippen molar-refractivity contribution in [1.29, 1.82) is 0 Å². The van der Waals surface area contributed by atoms with Crippen LogP contribution in [0.15, 0.2) is 42.6 Å².